The molecule has 1 aromatic carbocycles. The van der Waals surface area contributed by atoms with Gasteiger partial charge >= 0.3 is 0 Å². The van der Waals surface area contributed by atoms with E-state index in [9.17, 15) is 4.79 Å². The molecule has 0 N–H and O–H groups in total. The molecule has 1 atom stereocenters. The summed E-state index contributed by atoms with van der Waals surface area (Å²) in [6.45, 7) is 7.73. The molecule has 0 aliphatic carbocycles. The van der Waals surface area contributed by atoms with Gasteiger partial charge in [0.2, 0.25) is 0 Å². The highest BCUT2D eigenvalue weighted by molar-refractivity contribution is 6.09. The zero-order valence-electron chi connectivity index (χ0n) is 18.1. The molecule has 1 aliphatic rings. The van der Waals surface area contributed by atoms with Gasteiger partial charge in [0.05, 0.1) is 49.4 Å². The number of nitrogens with zero attached hydrogens (tertiary/aromatic N) is 3. The number of fused-ring (bicyclic) bond motifs is 3. The molecule has 7 heteroatoms. The van der Waals surface area contributed by atoms with Crippen molar-refractivity contribution in [2.75, 3.05) is 53.7 Å². The van der Waals surface area contributed by atoms with E-state index in [1.165, 1.54) is 0 Å². The Balaban J connectivity index is 1.86. The summed E-state index contributed by atoms with van der Waals surface area (Å²) in [5.41, 5.74) is 1.97. The SMILES string of the molecule is CCC(COC)n1ccc2c(c1=O)c1cccc(OC)c1n2CCN1CCOCC1. The molecule has 1 fully saturated rings. The van der Waals surface area contributed by atoms with Crippen LogP contribution in [0.3, 0.4) is 0 Å². The molecule has 0 saturated carbocycles. The number of ether oxygens (including phenoxy) is 3. The van der Waals surface area contributed by atoms with Crippen LogP contribution in [0.5, 0.6) is 5.75 Å². The zero-order chi connectivity index (χ0) is 21.1. The summed E-state index contributed by atoms with van der Waals surface area (Å²) in [7, 11) is 3.36. The average molecular weight is 414 g/mol. The molecule has 3 aromatic rings. The van der Waals surface area contributed by atoms with Crippen molar-refractivity contribution in [2.45, 2.75) is 25.9 Å². The fourth-order valence-corrected chi connectivity index (χ4v) is 4.48. The predicted molar refractivity (Wildman–Crippen MR) is 119 cm³/mol. The van der Waals surface area contributed by atoms with Gasteiger partial charge in [-0.1, -0.05) is 19.1 Å². The molecule has 2 aromatic heterocycles. The maximum Gasteiger partial charge on any atom is 0.260 e. The van der Waals surface area contributed by atoms with E-state index < -0.39 is 0 Å². The average Bonchev–Trinajstić information content (AvgIpc) is 3.11. The topological polar surface area (TPSA) is 57.9 Å². The van der Waals surface area contributed by atoms with Gasteiger partial charge in [0.15, 0.2) is 0 Å². The Hall–Kier alpha value is -2.35. The molecular weight excluding hydrogens is 382 g/mol. The Morgan fingerprint density at radius 2 is 1.93 bits per heavy atom. The molecule has 7 nitrogen and oxygen atoms in total. The highest BCUT2D eigenvalue weighted by Crippen LogP contribution is 2.33. The molecule has 1 saturated heterocycles. The smallest absolute Gasteiger partial charge is 0.260 e. The molecule has 3 heterocycles. The lowest BCUT2D eigenvalue weighted by molar-refractivity contribution is 0.0366. The Bertz CT molecular complexity index is 1070. The number of morpholine rings is 1. The maximum absolute atomic E-state index is 13.6. The summed E-state index contributed by atoms with van der Waals surface area (Å²) in [6.07, 6.45) is 2.74. The van der Waals surface area contributed by atoms with E-state index in [1.807, 2.05) is 29.0 Å². The van der Waals surface area contributed by atoms with E-state index in [0.29, 0.717) is 6.61 Å². The van der Waals surface area contributed by atoms with Crippen LogP contribution in [-0.2, 0) is 16.0 Å². The number of para-hydroxylation sites is 1. The predicted octanol–water partition coefficient (Wildman–Crippen LogP) is 2.89. The van der Waals surface area contributed by atoms with Gasteiger partial charge in [0.1, 0.15) is 5.75 Å². The molecule has 4 rings (SSSR count). The van der Waals surface area contributed by atoms with Gasteiger partial charge in [-0.3, -0.25) is 9.69 Å². The first-order valence-electron chi connectivity index (χ1n) is 10.7. The summed E-state index contributed by atoms with van der Waals surface area (Å²) >= 11 is 0. The van der Waals surface area contributed by atoms with E-state index in [-0.39, 0.29) is 11.6 Å². The summed E-state index contributed by atoms with van der Waals surface area (Å²) in [4.78, 5) is 16.0. The number of benzene rings is 1. The normalized spacial score (nSPS) is 16.4. The number of pyridine rings is 1. The van der Waals surface area contributed by atoms with Gasteiger partial charge in [-0.15, -0.1) is 0 Å². The second kappa shape index (κ2) is 9.20. The third-order valence-electron chi connectivity index (χ3n) is 6.11. The van der Waals surface area contributed by atoms with Gasteiger partial charge < -0.3 is 23.3 Å². The standard InChI is InChI=1S/C23H31N3O4/c1-4-17(16-28-2)25-9-8-19-21(23(25)27)18-6-5-7-20(29-3)22(18)26(19)11-10-24-12-14-30-15-13-24/h5-9,17H,4,10-16H2,1-3H3. The highest BCUT2D eigenvalue weighted by atomic mass is 16.5. The van der Waals surface area contributed by atoms with Crippen molar-refractivity contribution in [3.05, 3.63) is 40.8 Å². The minimum absolute atomic E-state index is 0.0178. The number of rotatable bonds is 8. The van der Waals surface area contributed by atoms with Crippen LogP contribution in [0.25, 0.3) is 21.8 Å². The first-order chi connectivity index (χ1) is 14.7. The quantitative estimate of drug-likeness (QED) is 0.568. The van der Waals surface area contributed by atoms with E-state index in [2.05, 4.69) is 22.5 Å². The number of hydrogen-bond acceptors (Lipinski definition) is 5. The summed E-state index contributed by atoms with van der Waals surface area (Å²) in [5, 5.41) is 1.70. The van der Waals surface area contributed by atoms with Crippen LogP contribution in [0.1, 0.15) is 19.4 Å². The molecule has 30 heavy (non-hydrogen) atoms. The van der Waals surface area contributed by atoms with Gasteiger partial charge in [0.25, 0.3) is 5.56 Å². The van der Waals surface area contributed by atoms with Crippen molar-refractivity contribution in [3.63, 3.8) is 0 Å². The summed E-state index contributed by atoms with van der Waals surface area (Å²) in [6, 6.07) is 8.02. The summed E-state index contributed by atoms with van der Waals surface area (Å²) in [5.74, 6) is 0.792. The van der Waals surface area contributed by atoms with Crippen LogP contribution in [-0.4, -0.2) is 67.7 Å². The van der Waals surface area contributed by atoms with Crippen LogP contribution >= 0.6 is 0 Å². The minimum atomic E-state index is 0.0178. The lowest BCUT2D eigenvalue weighted by atomic mass is 10.1. The van der Waals surface area contributed by atoms with Crippen molar-refractivity contribution in [2.24, 2.45) is 0 Å². The van der Waals surface area contributed by atoms with Crippen LogP contribution in [0, 0.1) is 0 Å². The van der Waals surface area contributed by atoms with Crippen molar-refractivity contribution < 1.29 is 14.2 Å². The first kappa shape index (κ1) is 20.9. The van der Waals surface area contributed by atoms with Crippen molar-refractivity contribution in [1.82, 2.24) is 14.0 Å². The fourth-order valence-electron chi connectivity index (χ4n) is 4.48. The minimum Gasteiger partial charge on any atom is -0.495 e. The van der Waals surface area contributed by atoms with E-state index in [4.69, 9.17) is 14.2 Å². The number of aromatic nitrogens is 2. The maximum atomic E-state index is 13.6. The largest absolute Gasteiger partial charge is 0.495 e. The van der Waals surface area contributed by atoms with Crippen LogP contribution in [0.2, 0.25) is 0 Å². The molecule has 162 valence electrons. The molecule has 0 spiro atoms. The number of methoxy groups -OCH3 is 2. The lowest BCUT2D eigenvalue weighted by Crippen LogP contribution is -2.38. The van der Waals surface area contributed by atoms with E-state index in [1.54, 1.807) is 14.2 Å². The molecule has 1 unspecified atom stereocenters. The molecule has 0 radical (unpaired) electrons. The third kappa shape index (κ3) is 3.73. The van der Waals surface area contributed by atoms with Gasteiger partial charge in [-0.25, -0.2) is 0 Å². The second-order valence-corrected chi connectivity index (χ2v) is 7.77. The second-order valence-electron chi connectivity index (χ2n) is 7.77. The van der Waals surface area contributed by atoms with Crippen LogP contribution in [0.4, 0.5) is 0 Å². The molecular formula is C23H31N3O4. The van der Waals surface area contributed by atoms with Crippen LogP contribution in [0.15, 0.2) is 35.3 Å². The Morgan fingerprint density at radius 3 is 2.63 bits per heavy atom. The van der Waals surface area contributed by atoms with Crippen molar-refractivity contribution >= 4 is 21.8 Å². The zero-order valence-corrected chi connectivity index (χ0v) is 18.1. The molecule has 0 amide bonds. The molecule has 1 aliphatic heterocycles. The van der Waals surface area contributed by atoms with Gasteiger partial charge in [-0.05, 0) is 18.6 Å². The summed E-state index contributed by atoms with van der Waals surface area (Å²) < 4.78 is 20.6. The Kier molecular flexibility index (Phi) is 6.41. The van der Waals surface area contributed by atoms with E-state index >= 15 is 0 Å². The number of hydrogen-bond donors (Lipinski definition) is 0. The van der Waals surface area contributed by atoms with Crippen molar-refractivity contribution in [3.8, 4) is 5.75 Å². The lowest BCUT2D eigenvalue weighted by Gasteiger charge is -2.27. The Labute approximate surface area is 176 Å². The third-order valence-corrected chi connectivity index (χ3v) is 6.11. The monoisotopic (exact) mass is 413 g/mol. The van der Waals surface area contributed by atoms with Crippen molar-refractivity contribution in [1.29, 1.82) is 0 Å². The van der Waals surface area contributed by atoms with E-state index in [0.717, 1.165) is 73.4 Å². The fraction of sp³-hybridized carbons (Fsp3) is 0.522. The van der Waals surface area contributed by atoms with Gasteiger partial charge in [0, 0.05) is 44.9 Å². The first-order valence-corrected chi connectivity index (χ1v) is 10.7. The highest BCUT2D eigenvalue weighted by Gasteiger charge is 2.21. The molecule has 0 bridgehead atoms. The Morgan fingerprint density at radius 1 is 1.13 bits per heavy atom. The van der Waals surface area contributed by atoms with Crippen LogP contribution < -0.4 is 10.3 Å². The van der Waals surface area contributed by atoms with Gasteiger partial charge in [-0.2, -0.15) is 0 Å².